The largest absolute Gasteiger partial charge is 0.487 e. The maximum Gasteiger partial charge on any atom is 0.143 e. The number of aromatic nitrogens is 1. The van der Waals surface area contributed by atoms with Gasteiger partial charge < -0.3 is 9.84 Å². The number of hydrogen-bond donors (Lipinski definition) is 1. The first-order valence-corrected chi connectivity index (χ1v) is 5.74. The predicted molar refractivity (Wildman–Crippen MR) is 65.6 cm³/mol. The molecule has 5 heteroatoms. The van der Waals surface area contributed by atoms with Gasteiger partial charge in [-0.25, -0.2) is 8.78 Å². The standard InChI is InChI=1S/C14H13F2NO2/c1-9-2-5-14(13(7-18)17-9)19-8-10-3-4-11(15)6-12(10)16/h2-6,18H,7-8H2,1H3. The van der Waals surface area contributed by atoms with E-state index in [0.29, 0.717) is 11.4 Å². The highest BCUT2D eigenvalue weighted by Crippen LogP contribution is 2.19. The molecule has 3 nitrogen and oxygen atoms in total. The zero-order chi connectivity index (χ0) is 13.8. The van der Waals surface area contributed by atoms with E-state index in [0.717, 1.165) is 11.8 Å². The van der Waals surface area contributed by atoms with E-state index in [-0.39, 0.29) is 18.8 Å². The van der Waals surface area contributed by atoms with Crippen LogP contribution in [-0.4, -0.2) is 10.1 Å². The molecule has 0 aliphatic carbocycles. The first-order valence-electron chi connectivity index (χ1n) is 5.74. The normalized spacial score (nSPS) is 10.5. The number of halogens is 2. The van der Waals surface area contributed by atoms with Crippen molar-refractivity contribution in [2.75, 3.05) is 0 Å². The van der Waals surface area contributed by atoms with E-state index < -0.39 is 11.6 Å². The van der Waals surface area contributed by atoms with E-state index in [1.807, 2.05) is 0 Å². The molecule has 0 amide bonds. The SMILES string of the molecule is Cc1ccc(OCc2ccc(F)cc2F)c(CO)n1. The zero-order valence-electron chi connectivity index (χ0n) is 10.4. The lowest BCUT2D eigenvalue weighted by Gasteiger charge is -2.10. The first kappa shape index (κ1) is 13.4. The molecule has 1 heterocycles. The predicted octanol–water partition coefficient (Wildman–Crippen LogP) is 2.74. The first-order chi connectivity index (χ1) is 9.10. The number of ether oxygens (including phenoxy) is 1. The highest BCUT2D eigenvalue weighted by Gasteiger charge is 2.08. The Balaban J connectivity index is 2.14. The molecule has 0 unspecified atom stereocenters. The number of hydrogen-bond acceptors (Lipinski definition) is 3. The van der Waals surface area contributed by atoms with Crippen molar-refractivity contribution >= 4 is 0 Å². The zero-order valence-corrected chi connectivity index (χ0v) is 10.4. The highest BCUT2D eigenvalue weighted by atomic mass is 19.1. The summed E-state index contributed by atoms with van der Waals surface area (Å²) >= 11 is 0. The third-order valence-corrected chi connectivity index (χ3v) is 2.62. The van der Waals surface area contributed by atoms with Crippen LogP contribution in [0.2, 0.25) is 0 Å². The van der Waals surface area contributed by atoms with Gasteiger partial charge >= 0.3 is 0 Å². The van der Waals surface area contributed by atoms with Crippen molar-refractivity contribution in [3.8, 4) is 5.75 Å². The number of aliphatic hydroxyl groups excluding tert-OH is 1. The Kier molecular flexibility index (Phi) is 4.06. The number of pyridine rings is 1. The molecule has 2 rings (SSSR count). The summed E-state index contributed by atoms with van der Waals surface area (Å²) in [5.74, 6) is -0.906. The van der Waals surface area contributed by atoms with Crippen LogP contribution in [0.3, 0.4) is 0 Å². The summed E-state index contributed by atoms with van der Waals surface area (Å²) in [5, 5.41) is 9.16. The molecule has 1 aromatic carbocycles. The van der Waals surface area contributed by atoms with Gasteiger partial charge in [-0.05, 0) is 31.2 Å². The molecule has 0 aliphatic rings. The van der Waals surface area contributed by atoms with Gasteiger partial charge in [0.05, 0.1) is 6.61 Å². The van der Waals surface area contributed by atoms with Gasteiger partial charge in [-0.3, -0.25) is 4.98 Å². The van der Waals surface area contributed by atoms with E-state index in [4.69, 9.17) is 9.84 Å². The topological polar surface area (TPSA) is 42.4 Å². The van der Waals surface area contributed by atoms with Crippen LogP contribution >= 0.6 is 0 Å². The molecule has 0 saturated carbocycles. The Labute approximate surface area is 109 Å². The lowest BCUT2D eigenvalue weighted by Crippen LogP contribution is -2.03. The quantitative estimate of drug-likeness (QED) is 0.924. The molecule has 0 saturated heterocycles. The lowest BCUT2D eigenvalue weighted by molar-refractivity contribution is 0.251. The second-order valence-corrected chi connectivity index (χ2v) is 4.08. The Hall–Kier alpha value is -2.01. The summed E-state index contributed by atoms with van der Waals surface area (Å²) in [5.41, 5.74) is 1.39. The van der Waals surface area contributed by atoms with E-state index in [2.05, 4.69) is 4.98 Å². The third-order valence-electron chi connectivity index (χ3n) is 2.62. The van der Waals surface area contributed by atoms with Crippen LogP contribution < -0.4 is 4.74 Å². The molecular weight excluding hydrogens is 252 g/mol. The summed E-state index contributed by atoms with van der Waals surface area (Å²) in [4.78, 5) is 4.11. The molecule has 0 spiro atoms. The van der Waals surface area contributed by atoms with Crippen molar-refractivity contribution in [1.82, 2.24) is 4.98 Å². The molecule has 0 fully saturated rings. The van der Waals surface area contributed by atoms with Gasteiger partial charge in [0.15, 0.2) is 0 Å². The van der Waals surface area contributed by atoms with Crippen LogP contribution in [0.25, 0.3) is 0 Å². The molecule has 0 radical (unpaired) electrons. The maximum absolute atomic E-state index is 13.4. The van der Waals surface area contributed by atoms with E-state index >= 15 is 0 Å². The molecule has 19 heavy (non-hydrogen) atoms. The molecule has 1 N–H and O–H groups in total. The Morgan fingerprint density at radius 1 is 1.21 bits per heavy atom. The van der Waals surface area contributed by atoms with Crippen LogP contribution in [0.4, 0.5) is 8.78 Å². The summed E-state index contributed by atoms with van der Waals surface area (Å²) in [6.45, 7) is 1.48. The van der Waals surface area contributed by atoms with Gasteiger partial charge in [-0.2, -0.15) is 0 Å². The molecule has 2 aromatic rings. The van der Waals surface area contributed by atoms with Gasteiger partial charge in [0.25, 0.3) is 0 Å². The minimum absolute atomic E-state index is 0.0517. The van der Waals surface area contributed by atoms with Crippen LogP contribution in [-0.2, 0) is 13.2 Å². The maximum atomic E-state index is 13.4. The van der Waals surface area contributed by atoms with Gasteiger partial charge in [0.2, 0.25) is 0 Å². The minimum atomic E-state index is -0.661. The number of nitrogens with zero attached hydrogens (tertiary/aromatic N) is 1. The van der Waals surface area contributed by atoms with Crippen molar-refractivity contribution in [1.29, 1.82) is 0 Å². The lowest BCUT2D eigenvalue weighted by atomic mass is 10.2. The van der Waals surface area contributed by atoms with E-state index in [1.165, 1.54) is 12.1 Å². The van der Waals surface area contributed by atoms with Crippen LogP contribution in [0.1, 0.15) is 17.0 Å². The smallest absolute Gasteiger partial charge is 0.143 e. The number of aryl methyl sites for hydroxylation is 1. The molecule has 1 aromatic heterocycles. The van der Waals surface area contributed by atoms with Gasteiger partial charge in [0, 0.05) is 17.3 Å². The van der Waals surface area contributed by atoms with Crippen molar-refractivity contribution in [2.45, 2.75) is 20.1 Å². The summed E-state index contributed by atoms with van der Waals surface area (Å²) < 4.78 is 31.6. The number of benzene rings is 1. The fraction of sp³-hybridized carbons (Fsp3) is 0.214. The summed E-state index contributed by atoms with van der Waals surface area (Å²) in [7, 11) is 0. The second kappa shape index (κ2) is 5.75. The van der Waals surface area contributed by atoms with Crippen molar-refractivity contribution < 1.29 is 18.6 Å². The molecular formula is C14H13F2NO2. The summed E-state index contributed by atoms with van der Waals surface area (Å²) in [6, 6.07) is 6.69. The van der Waals surface area contributed by atoms with Gasteiger partial charge in [0.1, 0.15) is 29.7 Å². The fourth-order valence-electron chi connectivity index (χ4n) is 1.64. The van der Waals surface area contributed by atoms with Crippen LogP contribution in [0, 0.1) is 18.6 Å². The van der Waals surface area contributed by atoms with E-state index in [9.17, 15) is 8.78 Å². The van der Waals surface area contributed by atoms with Gasteiger partial charge in [-0.15, -0.1) is 0 Å². The monoisotopic (exact) mass is 265 g/mol. The van der Waals surface area contributed by atoms with Crippen LogP contribution in [0.15, 0.2) is 30.3 Å². The number of rotatable bonds is 4. The Morgan fingerprint density at radius 2 is 2.00 bits per heavy atom. The molecule has 0 aliphatic heterocycles. The minimum Gasteiger partial charge on any atom is -0.487 e. The van der Waals surface area contributed by atoms with Crippen molar-refractivity contribution in [3.05, 3.63) is 58.9 Å². The van der Waals surface area contributed by atoms with Crippen molar-refractivity contribution in [2.24, 2.45) is 0 Å². The summed E-state index contributed by atoms with van der Waals surface area (Å²) in [6.07, 6.45) is 0. The molecule has 100 valence electrons. The molecule has 0 bridgehead atoms. The van der Waals surface area contributed by atoms with E-state index in [1.54, 1.807) is 19.1 Å². The van der Waals surface area contributed by atoms with Crippen LogP contribution in [0.5, 0.6) is 5.75 Å². The average Bonchev–Trinajstić information content (AvgIpc) is 2.39. The number of aliphatic hydroxyl groups is 1. The fourth-order valence-corrected chi connectivity index (χ4v) is 1.64. The Morgan fingerprint density at radius 3 is 2.68 bits per heavy atom. The molecule has 0 atom stereocenters. The third kappa shape index (κ3) is 3.26. The van der Waals surface area contributed by atoms with Crippen molar-refractivity contribution in [3.63, 3.8) is 0 Å². The average molecular weight is 265 g/mol. The highest BCUT2D eigenvalue weighted by molar-refractivity contribution is 5.29. The Bertz CT molecular complexity index is 588. The van der Waals surface area contributed by atoms with Gasteiger partial charge in [-0.1, -0.05) is 0 Å². The second-order valence-electron chi connectivity index (χ2n) is 4.08.